The second-order valence-electron chi connectivity index (χ2n) is 5.45. The van der Waals surface area contributed by atoms with Crippen molar-refractivity contribution >= 4 is 21.6 Å². The molecule has 0 saturated heterocycles. The number of hydrogen-bond acceptors (Lipinski definition) is 5. The quantitative estimate of drug-likeness (QED) is 0.642. The van der Waals surface area contributed by atoms with Gasteiger partial charge in [-0.15, -0.1) is 0 Å². The molecule has 2 aromatic rings. The molecule has 2 rings (SSSR count). The van der Waals surface area contributed by atoms with Crippen LogP contribution in [0.3, 0.4) is 0 Å². The Bertz CT molecular complexity index is 908. The smallest absolute Gasteiger partial charge is 0.261 e. The van der Waals surface area contributed by atoms with Crippen LogP contribution in [-0.2, 0) is 10.0 Å². The Balaban J connectivity index is 2.26. The van der Waals surface area contributed by atoms with E-state index in [0.717, 1.165) is 0 Å². The van der Waals surface area contributed by atoms with Crippen LogP contribution in [0.15, 0.2) is 60.0 Å². The summed E-state index contributed by atoms with van der Waals surface area (Å²) in [6.07, 6.45) is 1.62. The molecule has 0 atom stereocenters. The predicted octanol–water partition coefficient (Wildman–Crippen LogP) is 2.81. The Morgan fingerprint density at radius 1 is 1.19 bits per heavy atom. The van der Waals surface area contributed by atoms with Crippen molar-refractivity contribution in [3.05, 3.63) is 60.7 Å². The lowest BCUT2D eigenvalue weighted by Gasteiger charge is -2.12. The largest absolute Gasteiger partial charge is 0.496 e. The molecular formula is C19H22N2O5S. The summed E-state index contributed by atoms with van der Waals surface area (Å²) in [6.45, 7) is 6.11. The third kappa shape index (κ3) is 5.24. The van der Waals surface area contributed by atoms with Gasteiger partial charge in [-0.25, -0.2) is 8.42 Å². The first-order valence-corrected chi connectivity index (χ1v) is 9.72. The number of benzene rings is 2. The van der Waals surface area contributed by atoms with Gasteiger partial charge in [0.05, 0.1) is 17.6 Å². The Hall–Kier alpha value is -3.00. The zero-order chi connectivity index (χ0) is 19.9. The van der Waals surface area contributed by atoms with Gasteiger partial charge in [0.2, 0.25) is 0 Å². The zero-order valence-corrected chi connectivity index (χ0v) is 16.0. The average Bonchev–Trinajstić information content (AvgIpc) is 2.66. The highest BCUT2D eigenvalue weighted by atomic mass is 32.2. The van der Waals surface area contributed by atoms with Crippen LogP contribution in [0.4, 0.5) is 5.69 Å². The summed E-state index contributed by atoms with van der Waals surface area (Å²) in [5, 5.41) is 2.63. The molecule has 0 saturated carbocycles. The first kappa shape index (κ1) is 20.3. The lowest BCUT2D eigenvalue weighted by Crippen LogP contribution is -2.24. The number of amides is 1. The third-order valence-corrected chi connectivity index (χ3v) is 4.92. The number of methoxy groups -OCH3 is 1. The summed E-state index contributed by atoms with van der Waals surface area (Å²) in [6, 6.07) is 10.6. The Kier molecular flexibility index (Phi) is 6.84. The van der Waals surface area contributed by atoms with Crippen molar-refractivity contribution < 1.29 is 22.7 Å². The molecule has 144 valence electrons. The summed E-state index contributed by atoms with van der Waals surface area (Å²) in [4.78, 5) is 12.1. The number of hydrogen-bond donors (Lipinski definition) is 2. The Labute approximate surface area is 159 Å². The van der Waals surface area contributed by atoms with Crippen LogP contribution >= 0.6 is 0 Å². The summed E-state index contributed by atoms with van der Waals surface area (Å²) in [5.74, 6) is 0.486. The Morgan fingerprint density at radius 2 is 1.89 bits per heavy atom. The van der Waals surface area contributed by atoms with Gasteiger partial charge in [0.1, 0.15) is 18.1 Å². The van der Waals surface area contributed by atoms with Crippen LogP contribution in [0.1, 0.15) is 17.3 Å². The number of carbonyl (C=O) groups excluding carboxylic acids is 1. The minimum atomic E-state index is -3.88. The van der Waals surface area contributed by atoms with Crippen LogP contribution in [0.2, 0.25) is 0 Å². The molecule has 27 heavy (non-hydrogen) atoms. The number of anilines is 1. The number of rotatable bonds is 9. The molecule has 0 heterocycles. The number of nitrogens with one attached hydrogen (secondary N) is 2. The maximum Gasteiger partial charge on any atom is 0.261 e. The topological polar surface area (TPSA) is 93.7 Å². The Morgan fingerprint density at radius 3 is 2.48 bits per heavy atom. The van der Waals surface area contributed by atoms with Crippen LogP contribution in [0.5, 0.6) is 11.5 Å². The second-order valence-corrected chi connectivity index (χ2v) is 7.13. The van der Waals surface area contributed by atoms with E-state index in [2.05, 4.69) is 16.6 Å². The van der Waals surface area contributed by atoms with Crippen LogP contribution in [-0.4, -0.2) is 34.6 Å². The van der Waals surface area contributed by atoms with Crippen molar-refractivity contribution in [1.82, 2.24) is 5.32 Å². The molecule has 2 N–H and O–H groups in total. The van der Waals surface area contributed by atoms with Gasteiger partial charge in [-0.05, 0) is 49.4 Å². The molecule has 8 heteroatoms. The molecule has 0 radical (unpaired) electrons. The number of sulfonamides is 1. The molecule has 1 amide bonds. The normalized spacial score (nSPS) is 10.7. The number of carbonyl (C=O) groups is 1. The highest BCUT2D eigenvalue weighted by Gasteiger charge is 2.19. The lowest BCUT2D eigenvalue weighted by molar-refractivity contribution is 0.0952. The minimum Gasteiger partial charge on any atom is -0.496 e. The molecule has 0 bridgehead atoms. The fourth-order valence-corrected chi connectivity index (χ4v) is 3.36. The van der Waals surface area contributed by atoms with Crippen molar-refractivity contribution in [2.45, 2.75) is 11.8 Å². The summed E-state index contributed by atoms with van der Waals surface area (Å²) in [7, 11) is -2.46. The maximum absolute atomic E-state index is 12.7. The zero-order valence-electron chi connectivity index (χ0n) is 15.2. The highest BCUT2D eigenvalue weighted by Crippen LogP contribution is 2.25. The van der Waals surface area contributed by atoms with E-state index >= 15 is 0 Å². The van der Waals surface area contributed by atoms with Gasteiger partial charge in [-0.3, -0.25) is 9.52 Å². The van der Waals surface area contributed by atoms with Crippen LogP contribution in [0, 0.1) is 0 Å². The summed E-state index contributed by atoms with van der Waals surface area (Å²) in [5.41, 5.74) is 0.520. The standard InChI is InChI=1S/C19H22N2O5S/c1-4-12-26-15-8-6-14(7-9-15)21-27(23,24)16-10-11-18(25-3)17(13-16)19(22)20-5-2/h4,6-11,13,21H,1,5,12H2,2-3H3,(H,20,22). The molecule has 0 aliphatic heterocycles. The molecule has 0 aliphatic rings. The maximum atomic E-state index is 12.7. The van der Waals surface area contributed by atoms with E-state index in [4.69, 9.17) is 9.47 Å². The summed E-state index contributed by atoms with van der Waals surface area (Å²) < 4.78 is 38.3. The fraction of sp³-hybridized carbons (Fsp3) is 0.211. The van der Waals surface area contributed by atoms with Gasteiger partial charge in [0.15, 0.2) is 0 Å². The molecule has 0 aromatic heterocycles. The fourth-order valence-electron chi connectivity index (χ4n) is 2.28. The van der Waals surface area contributed by atoms with Crippen LogP contribution < -0.4 is 19.5 Å². The highest BCUT2D eigenvalue weighted by molar-refractivity contribution is 7.92. The molecule has 2 aromatic carbocycles. The van der Waals surface area contributed by atoms with E-state index in [-0.39, 0.29) is 10.5 Å². The van der Waals surface area contributed by atoms with Crippen molar-refractivity contribution in [2.24, 2.45) is 0 Å². The molecule has 0 unspecified atom stereocenters. The van der Waals surface area contributed by atoms with Gasteiger partial charge in [0.25, 0.3) is 15.9 Å². The number of ether oxygens (including phenoxy) is 2. The van der Waals surface area contributed by atoms with E-state index < -0.39 is 15.9 Å². The third-order valence-electron chi connectivity index (χ3n) is 3.54. The van der Waals surface area contributed by atoms with Gasteiger partial charge >= 0.3 is 0 Å². The van der Waals surface area contributed by atoms with E-state index in [1.54, 1.807) is 37.3 Å². The van der Waals surface area contributed by atoms with Gasteiger partial charge in [-0.2, -0.15) is 0 Å². The van der Waals surface area contributed by atoms with E-state index in [9.17, 15) is 13.2 Å². The van der Waals surface area contributed by atoms with E-state index in [1.807, 2.05) is 0 Å². The molecule has 7 nitrogen and oxygen atoms in total. The van der Waals surface area contributed by atoms with Crippen molar-refractivity contribution in [1.29, 1.82) is 0 Å². The van der Waals surface area contributed by atoms with E-state index in [1.165, 1.54) is 25.3 Å². The van der Waals surface area contributed by atoms with Crippen molar-refractivity contribution in [3.8, 4) is 11.5 Å². The second kappa shape index (κ2) is 9.09. The molecule has 0 aliphatic carbocycles. The summed E-state index contributed by atoms with van der Waals surface area (Å²) >= 11 is 0. The van der Waals surface area contributed by atoms with Gasteiger partial charge in [0, 0.05) is 12.2 Å². The van der Waals surface area contributed by atoms with Crippen molar-refractivity contribution in [2.75, 3.05) is 25.0 Å². The van der Waals surface area contributed by atoms with Crippen molar-refractivity contribution in [3.63, 3.8) is 0 Å². The monoisotopic (exact) mass is 390 g/mol. The van der Waals surface area contributed by atoms with E-state index in [0.29, 0.717) is 30.3 Å². The minimum absolute atomic E-state index is 0.0449. The average molecular weight is 390 g/mol. The first-order chi connectivity index (χ1) is 12.9. The van der Waals surface area contributed by atoms with Gasteiger partial charge < -0.3 is 14.8 Å². The molecule has 0 spiro atoms. The SMILES string of the molecule is C=CCOc1ccc(NS(=O)(=O)c2ccc(OC)c(C(=O)NCC)c2)cc1. The lowest BCUT2D eigenvalue weighted by atomic mass is 10.2. The molecular weight excluding hydrogens is 368 g/mol. The first-order valence-electron chi connectivity index (χ1n) is 8.24. The predicted molar refractivity (Wildman–Crippen MR) is 104 cm³/mol. The van der Waals surface area contributed by atoms with Crippen LogP contribution in [0.25, 0.3) is 0 Å². The van der Waals surface area contributed by atoms with Gasteiger partial charge in [-0.1, -0.05) is 12.7 Å². The molecule has 0 fully saturated rings.